The van der Waals surface area contributed by atoms with Gasteiger partial charge in [-0.05, 0) is 32.8 Å². The standard InChI is InChI=1S/C17H23NO4/c1-17(2,3)22-15(19)10-7-11-18-14(12-21-16(18)20)13-8-5-4-6-9-13/h4-6,8-9,14H,7,10-12H2,1-3H3/t14-/m0/s1. The van der Waals surface area contributed by atoms with Gasteiger partial charge in [0.05, 0.1) is 6.04 Å². The zero-order valence-corrected chi connectivity index (χ0v) is 13.4. The molecule has 0 saturated carbocycles. The van der Waals surface area contributed by atoms with E-state index in [9.17, 15) is 9.59 Å². The van der Waals surface area contributed by atoms with Gasteiger partial charge in [0.2, 0.25) is 0 Å². The molecule has 2 rings (SSSR count). The SMILES string of the molecule is CC(C)(C)OC(=O)CCCN1C(=O)OC[C@H]1c1ccccc1. The lowest BCUT2D eigenvalue weighted by Gasteiger charge is -2.22. The molecule has 22 heavy (non-hydrogen) atoms. The molecule has 1 atom stereocenters. The van der Waals surface area contributed by atoms with Crippen LogP contribution in [0.2, 0.25) is 0 Å². The lowest BCUT2D eigenvalue weighted by molar-refractivity contribution is -0.154. The first-order valence-electron chi connectivity index (χ1n) is 7.57. The Kier molecular flexibility index (Phi) is 5.06. The van der Waals surface area contributed by atoms with E-state index < -0.39 is 5.60 Å². The molecule has 1 fully saturated rings. The molecule has 0 radical (unpaired) electrons. The van der Waals surface area contributed by atoms with E-state index >= 15 is 0 Å². The third-order valence-corrected chi connectivity index (χ3v) is 3.36. The highest BCUT2D eigenvalue weighted by Gasteiger charge is 2.33. The molecule has 0 aliphatic carbocycles. The zero-order valence-electron chi connectivity index (χ0n) is 13.4. The Morgan fingerprint density at radius 3 is 2.64 bits per heavy atom. The fourth-order valence-electron chi connectivity index (χ4n) is 2.44. The van der Waals surface area contributed by atoms with Gasteiger partial charge < -0.3 is 9.47 Å². The molecule has 120 valence electrons. The summed E-state index contributed by atoms with van der Waals surface area (Å²) in [4.78, 5) is 25.2. The fraction of sp³-hybridized carbons (Fsp3) is 0.529. The number of ether oxygens (including phenoxy) is 2. The third kappa shape index (κ3) is 4.48. The molecule has 5 nitrogen and oxygen atoms in total. The summed E-state index contributed by atoms with van der Waals surface area (Å²) < 4.78 is 10.4. The van der Waals surface area contributed by atoms with Crippen molar-refractivity contribution in [2.45, 2.75) is 45.3 Å². The molecule has 1 amide bonds. The van der Waals surface area contributed by atoms with Gasteiger partial charge >= 0.3 is 12.1 Å². The minimum absolute atomic E-state index is 0.0765. The summed E-state index contributed by atoms with van der Waals surface area (Å²) in [6.45, 7) is 6.36. The monoisotopic (exact) mass is 305 g/mol. The van der Waals surface area contributed by atoms with Crippen molar-refractivity contribution in [2.75, 3.05) is 13.2 Å². The van der Waals surface area contributed by atoms with Crippen LogP contribution in [0.25, 0.3) is 0 Å². The molecule has 1 aromatic rings. The van der Waals surface area contributed by atoms with Crippen LogP contribution in [0.1, 0.15) is 45.2 Å². The number of hydrogen-bond donors (Lipinski definition) is 0. The molecule has 1 aliphatic rings. The number of carbonyl (C=O) groups is 2. The average molecular weight is 305 g/mol. The average Bonchev–Trinajstić information content (AvgIpc) is 2.79. The molecular weight excluding hydrogens is 282 g/mol. The van der Waals surface area contributed by atoms with E-state index in [2.05, 4.69) is 0 Å². The number of nitrogens with zero attached hydrogens (tertiary/aromatic N) is 1. The Morgan fingerprint density at radius 1 is 1.32 bits per heavy atom. The van der Waals surface area contributed by atoms with Gasteiger partial charge in [0.15, 0.2) is 0 Å². The second kappa shape index (κ2) is 6.81. The lowest BCUT2D eigenvalue weighted by atomic mass is 10.1. The van der Waals surface area contributed by atoms with Crippen molar-refractivity contribution >= 4 is 12.1 Å². The summed E-state index contributed by atoms with van der Waals surface area (Å²) in [6.07, 6.45) is 0.536. The first-order valence-corrected chi connectivity index (χ1v) is 7.57. The van der Waals surface area contributed by atoms with Crippen LogP contribution >= 0.6 is 0 Å². The molecule has 0 unspecified atom stereocenters. The van der Waals surface area contributed by atoms with Crippen LogP contribution in [0.4, 0.5) is 4.79 Å². The van der Waals surface area contributed by atoms with E-state index in [0.717, 1.165) is 5.56 Å². The van der Waals surface area contributed by atoms with E-state index in [0.29, 0.717) is 26.0 Å². The van der Waals surface area contributed by atoms with Gasteiger partial charge in [-0.3, -0.25) is 9.69 Å². The maximum atomic E-state index is 11.9. The normalized spacial score (nSPS) is 18.2. The maximum Gasteiger partial charge on any atom is 0.410 e. The van der Waals surface area contributed by atoms with E-state index in [-0.39, 0.29) is 18.1 Å². The van der Waals surface area contributed by atoms with Gasteiger partial charge in [-0.2, -0.15) is 0 Å². The van der Waals surface area contributed by atoms with Crippen LogP contribution in [0.15, 0.2) is 30.3 Å². The van der Waals surface area contributed by atoms with Crippen molar-refractivity contribution in [3.8, 4) is 0 Å². The number of carbonyl (C=O) groups excluding carboxylic acids is 2. The molecule has 1 heterocycles. The van der Waals surface area contributed by atoms with Crippen molar-refractivity contribution in [2.24, 2.45) is 0 Å². The van der Waals surface area contributed by atoms with Gasteiger partial charge in [0, 0.05) is 13.0 Å². The van der Waals surface area contributed by atoms with Crippen molar-refractivity contribution in [3.63, 3.8) is 0 Å². The Balaban J connectivity index is 1.88. The van der Waals surface area contributed by atoms with Gasteiger partial charge in [-0.15, -0.1) is 0 Å². The van der Waals surface area contributed by atoms with Crippen LogP contribution in [0.5, 0.6) is 0 Å². The summed E-state index contributed by atoms with van der Waals surface area (Å²) in [5.74, 6) is -0.240. The Bertz CT molecular complexity index is 521. The molecule has 0 N–H and O–H groups in total. The second-order valence-corrected chi connectivity index (χ2v) is 6.39. The lowest BCUT2D eigenvalue weighted by Crippen LogP contribution is -2.30. The molecule has 1 saturated heterocycles. The topological polar surface area (TPSA) is 55.8 Å². The smallest absolute Gasteiger partial charge is 0.410 e. The molecule has 0 bridgehead atoms. The van der Waals surface area contributed by atoms with E-state index in [1.807, 2.05) is 51.1 Å². The predicted molar refractivity (Wildman–Crippen MR) is 82.3 cm³/mol. The van der Waals surface area contributed by atoms with Crippen LogP contribution in [-0.4, -0.2) is 35.7 Å². The number of hydrogen-bond acceptors (Lipinski definition) is 4. The highest BCUT2D eigenvalue weighted by molar-refractivity contribution is 5.71. The number of rotatable bonds is 5. The molecule has 0 aromatic heterocycles. The summed E-state index contributed by atoms with van der Waals surface area (Å²) in [6, 6.07) is 9.70. The number of amides is 1. The molecule has 0 spiro atoms. The van der Waals surface area contributed by atoms with Crippen molar-refractivity contribution < 1.29 is 19.1 Å². The van der Waals surface area contributed by atoms with Crippen LogP contribution < -0.4 is 0 Å². The van der Waals surface area contributed by atoms with E-state index in [1.54, 1.807) is 4.90 Å². The van der Waals surface area contributed by atoms with Crippen LogP contribution in [0, 0.1) is 0 Å². The van der Waals surface area contributed by atoms with Gasteiger partial charge in [0.1, 0.15) is 12.2 Å². The third-order valence-electron chi connectivity index (χ3n) is 3.36. The summed E-state index contributed by atoms with van der Waals surface area (Å²) in [5, 5.41) is 0. The largest absolute Gasteiger partial charge is 0.460 e. The van der Waals surface area contributed by atoms with E-state index in [4.69, 9.17) is 9.47 Å². The maximum absolute atomic E-state index is 11.9. The van der Waals surface area contributed by atoms with Crippen LogP contribution in [-0.2, 0) is 14.3 Å². The minimum Gasteiger partial charge on any atom is -0.460 e. The number of cyclic esters (lactones) is 1. The van der Waals surface area contributed by atoms with Gasteiger partial charge in [-0.25, -0.2) is 4.79 Å². The minimum atomic E-state index is -0.476. The number of esters is 1. The highest BCUT2D eigenvalue weighted by Crippen LogP contribution is 2.27. The van der Waals surface area contributed by atoms with Gasteiger partial charge in [0.25, 0.3) is 0 Å². The highest BCUT2D eigenvalue weighted by atomic mass is 16.6. The molecule has 1 aromatic carbocycles. The second-order valence-electron chi connectivity index (χ2n) is 6.39. The Labute approximate surface area is 131 Å². The van der Waals surface area contributed by atoms with Crippen LogP contribution in [0.3, 0.4) is 0 Å². The number of benzene rings is 1. The zero-order chi connectivity index (χ0) is 16.2. The summed E-state index contributed by atoms with van der Waals surface area (Å²) in [5.41, 5.74) is 0.571. The van der Waals surface area contributed by atoms with Crippen molar-refractivity contribution in [1.29, 1.82) is 0 Å². The molecule has 5 heteroatoms. The predicted octanol–water partition coefficient (Wildman–Crippen LogP) is 3.30. The Morgan fingerprint density at radius 2 is 2.00 bits per heavy atom. The quantitative estimate of drug-likeness (QED) is 0.783. The molecular formula is C17H23NO4. The van der Waals surface area contributed by atoms with E-state index in [1.165, 1.54) is 0 Å². The first-order chi connectivity index (χ1) is 10.4. The molecule has 1 aliphatic heterocycles. The fourth-order valence-corrected chi connectivity index (χ4v) is 2.44. The van der Waals surface area contributed by atoms with Crippen molar-refractivity contribution in [1.82, 2.24) is 4.90 Å². The summed E-state index contributed by atoms with van der Waals surface area (Å²) in [7, 11) is 0. The van der Waals surface area contributed by atoms with Gasteiger partial charge in [-0.1, -0.05) is 30.3 Å². The van der Waals surface area contributed by atoms with Crippen molar-refractivity contribution in [3.05, 3.63) is 35.9 Å². The summed E-state index contributed by atoms with van der Waals surface area (Å²) >= 11 is 0. The first kappa shape index (κ1) is 16.3. The Hall–Kier alpha value is -2.04.